The first kappa shape index (κ1) is 30.8. The van der Waals surface area contributed by atoms with Gasteiger partial charge in [0.25, 0.3) is 0 Å². The topological polar surface area (TPSA) is 55.8 Å². The summed E-state index contributed by atoms with van der Waals surface area (Å²) in [6, 6.07) is 6.77. The number of unbranched alkanes of at least 4 members (excludes halogenated alkanes) is 1. The number of methoxy groups -OCH3 is 2. The third kappa shape index (κ3) is 12.3. The fourth-order valence-electron chi connectivity index (χ4n) is 3.58. The van der Waals surface area contributed by atoms with Gasteiger partial charge in [-0.3, -0.25) is 4.79 Å². The minimum absolute atomic E-state index is 0.0925. The van der Waals surface area contributed by atoms with Crippen LogP contribution >= 0.6 is 27.5 Å². The van der Waals surface area contributed by atoms with Crippen LogP contribution in [0.25, 0.3) is 0 Å². The zero-order valence-corrected chi connectivity index (χ0v) is 23.5. The predicted octanol–water partition coefficient (Wildman–Crippen LogP) is 6.64. The van der Waals surface area contributed by atoms with E-state index in [2.05, 4.69) is 39.7 Å². The van der Waals surface area contributed by atoms with Crippen LogP contribution in [0.15, 0.2) is 47.5 Å². The van der Waals surface area contributed by atoms with Crippen molar-refractivity contribution in [2.24, 2.45) is 5.92 Å². The molecule has 5 nitrogen and oxygen atoms in total. The van der Waals surface area contributed by atoms with Crippen LogP contribution in [0, 0.1) is 16.7 Å². The minimum atomic E-state index is -0.676. The molecule has 0 aliphatic carbocycles. The normalized spacial score (nSPS) is 13.0. The van der Waals surface area contributed by atoms with Crippen molar-refractivity contribution < 1.29 is 19.1 Å². The van der Waals surface area contributed by atoms with E-state index in [0.717, 1.165) is 43.4 Å². The quantitative estimate of drug-likeness (QED) is 0.103. The molecule has 2 atom stereocenters. The molecule has 0 aliphatic rings. The number of hydrogen-bond acceptors (Lipinski definition) is 4. The van der Waals surface area contributed by atoms with Crippen molar-refractivity contribution >= 4 is 39.4 Å². The highest BCUT2D eigenvalue weighted by Gasteiger charge is 2.27. The molecule has 1 aromatic carbocycles. The Balaban J connectivity index is 2.52. The second-order valence-corrected chi connectivity index (χ2v) is 9.09. The first-order valence-electron chi connectivity index (χ1n) is 11.9. The zero-order chi connectivity index (χ0) is 26.1. The second kappa shape index (κ2) is 18.1. The molecule has 1 aromatic rings. The Hall–Kier alpha value is -2.23. The van der Waals surface area contributed by atoms with Gasteiger partial charge in [0.1, 0.15) is 11.8 Å². The van der Waals surface area contributed by atoms with Gasteiger partial charge >= 0.3 is 5.97 Å². The smallest absolute Gasteiger partial charge is 0.328 e. The highest BCUT2D eigenvalue weighted by molar-refractivity contribution is 9.12. The summed E-state index contributed by atoms with van der Waals surface area (Å²) in [5.41, 5.74) is 3.86. The Morgan fingerprint density at radius 2 is 1.89 bits per heavy atom. The number of ether oxygens (including phenoxy) is 2. The Labute approximate surface area is 224 Å². The first-order chi connectivity index (χ1) is 16.9. The second-order valence-electron chi connectivity index (χ2n) is 8.47. The van der Waals surface area contributed by atoms with Crippen molar-refractivity contribution in [3.63, 3.8) is 0 Å². The minimum Gasteiger partial charge on any atom is -0.497 e. The number of carbonyl (C=O) groups excluding carboxylic acids is 2. The molecule has 0 unspecified atom stereocenters. The van der Waals surface area contributed by atoms with Gasteiger partial charge in [0, 0.05) is 47.8 Å². The van der Waals surface area contributed by atoms with E-state index in [1.165, 1.54) is 17.6 Å². The van der Waals surface area contributed by atoms with Crippen LogP contribution in [0.1, 0.15) is 57.4 Å². The number of esters is 1. The SMILES string of the molecule is COC(=O)[C@H](Cc1ccc(OC)cc1)N(C)C(=O)CC/C=C/[C@H](C)CC/C(=C/Cl)CCCC#CBr. The molecular formula is C28H37BrClNO4. The molecule has 0 heterocycles. The van der Waals surface area contributed by atoms with Gasteiger partial charge in [-0.15, -0.1) is 0 Å². The summed E-state index contributed by atoms with van der Waals surface area (Å²) in [4.78, 5) is 29.4. The van der Waals surface area contributed by atoms with Crippen molar-refractivity contribution in [3.8, 4) is 16.5 Å². The van der Waals surface area contributed by atoms with Crippen molar-refractivity contribution in [2.75, 3.05) is 21.3 Å². The van der Waals surface area contributed by atoms with E-state index in [4.69, 9.17) is 21.1 Å². The predicted molar refractivity (Wildman–Crippen MR) is 147 cm³/mol. The highest BCUT2D eigenvalue weighted by Crippen LogP contribution is 2.20. The maximum absolute atomic E-state index is 12.8. The fraction of sp³-hybridized carbons (Fsp3) is 0.500. The van der Waals surface area contributed by atoms with Gasteiger partial charge < -0.3 is 14.4 Å². The van der Waals surface area contributed by atoms with Gasteiger partial charge in [0.15, 0.2) is 0 Å². The summed E-state index contributed by atoms with van der Waals surface area (Å²) in [6.45, 7) is 2.16. The lowest BCUT2D eigenvalue weighted by atomic mass is 9.98. The molecule has 0 spiro atoms. The molecule has 0 N–H and O–H groups in total. The lowest BCUT2D eigenvalue weighted by molar-refractivity contribution is -0.151. The summed E-state index contributed by atoms with van der Waals surface area (Å²) in [7, 11) is 4.60. The van der Waals surface area contributed by atoms with E-state index < -0.39 is 12.0 Å². The van der Waals surface area contributed by atoms with Gasteiger partial charge in [-0.05, 0) is 60.5 Å². The van der Waals surface area contributed by atoms with Crippen molar-refractivity contribution in [2.45, 2.75) is 64.3 Å². The molecule has 35 heavy (non-hydrogen) atoms. The Morgan fingerprint density at radius 1 is 1.17 bits per heavy atom. The number of halogens is 2. The zero-order valence-electron chi connectivity index (χ0n) is 21.2. The average Bonchev–Trinajstić information content (AvgIpc) is 2.88. The third-order valence-corrected chi connectivity index (χ3v) is 6.44. The number of carbonyl (C=O) groups is 2. The van der Waals surface area contributed by atoms with E-state index in [0.29, 0.717) is 25.2 Å². The van der Waals surface area contributed by atoms with Gasteiger partial charge in [-0.25, -0.2) is 4.79 Å². The number of benzene rings is 1. The summed E-state index contributed by atoms with van der Waals surface area (Å²) >= 11 is 9.08. The highest BCUT2D eigenvalue weighted by atomic mass is 79.9. The Morgan fingerprint density at radius 3 is 2.49 bits per heavy atom. The lowest BCUT2D eigenvalue weighted by Gasteiger charge is -2.26. The molecule has 1 rings (SSSR count). The van der Waals surface area contributed by atoms with Gasteiger partial charge in [-0.1, -0.05) is 54.3 Å². The molecule has 0 fully saturated rings. The maximum Gasteiger partial charge on any atom is 0.328 e. The third-order valence-electron chi connectivity index (χ3n) is 5.85. The molecule has 0 aromatic heterocycles. The van der Waals surface area contributed by atoms with Crippen LogP contribution in [0.3, 0.4) is 0 Å². The van der Waals surface area contributed by atoms with E-state index in [-0.39, 0.29) is 5.91 Å². The van der Waals surface area contributed by atoms with E-state index in [1.807, 2.05) is 30.3 Å². The number of rotatable bonds is 15. The molecule has 1 amide bonds. The van der Waals surface area contributed by atoms with Gasteiger partial charge in [0.05, 0.1) is 14.2 Å². The summed E-state index contributed by atoms with van der Waals surface area (Å²) in [6.07, 6.45) is 10.3. The van der Waals surface area contributed by atoms with Crippen molar-refractivity contribution in [1.29, 1.82) is 0 Å². The Bertz CT molecular complexity index is 902. The Kier molecular flexibility index (Phi) is 15.9. The van der Waals surface area contributed by atoms with Crippen molar-refractivity contribution in [3.05, 3.63) is 53.1 Å². The van der Waals surface area contributed by atoms with Crippen LogP contribution in [0.4, 0.5) is 0 Å². The van der Waals surface area contributed by atoms with E-state index >= 15 is 0 Å². The number of amides is 1. The van der Waals surface area contributed by atoms with Crippen LogP contribution in [-0.2, 0) is 20.7 Å². The maximum atomic E-state index is 12.8. The molecule has 0 radical (unpaired) electrons. The molecule has 0 saturated heterocycles. The average molecular weight is 567 g/mol. The molecule has 0 saturated carbocycles. The largest absolute Gasteiger partial charge is 0.497 e. The van der Waals surface area contributed by atoms with E-state index in [1.54, 1.807) is 19.7 Å². The van der Waals surface area contributed by atoms with Crippen LogP contribution in [-0.4, -0.2) is 44.1 Å². The molecule has 0 aliphatic heterocycles. The monoisotopic (exact) mass is 565 g/mol. The number of hydrogen-bond donors (Lipinski definition) is 0. The molecule has 0 bridgehead atoms. The molecule has 7 heteroatoms. The lowest BCUT2D eigenvalue weighted by Crippen LogP contribution is -2.44. The summed E-state index contributed by atoms with van der Waals surface area (Å²) in [5.74, 6) is 3.60. The van der Waals surface area contributed by atoms with E-state index in [9.17, 15) is 9.59 Å². The number of likely N-dealkylation sites (N-methyl/N-ethyl adjacent to an activating group) is 1. The number of nitrogens with zero attached hydrogens (tertiary/aromatic N) is 1. The fourth-order valence-corrected chi connectivity index (χ4v) is 4.00. The standard InChI is InChI=1S/C28H37BrClNO4/c1-22(13-14-24(21-30)11-6-5-9-19-29)10-7-8-12-27(32)31(2)26(28(33)35-4)20-23-15-17-25(34-3)18-16-23/h7,10,15-18,21-22,26H,5-6,8,11-14,20H2,1-4H3/b10-7+,24-21+/t22-,26-/m0/s1. The first-order valence-corrected chi connectivity index (χ1v) is 13.1. The summed E-state index contributed by atoms with van der Waals surface area (Å²) in [5, 5.41) is 0. The van der Waals surface area contributed by atoms with Crippen molar-refractivity contribution in [1.82, 2.24) is 4.90 Å². The van der Waals surface area contributed by atoms with Gasteiger partial charge in [-0.2, -0.15) is 0 Å². The number of allylic oxidation sites excluding steroid dienone is 3. The van der Waals surface area contributed by atoms with Crippen LogP contribution in [0.5, 0.6) is 5.75 Å². The van der Waals surface area contributed by atoms with Crippen LogP contribution < -0.4 is 4.74 Å². The van der Waals surface area contributed by atoms with Crippen LogP contribution in [0.2, 0.25) is 0 Å². The van der Waals surface area contributed by atoms with Gasteiger partial charge in [0.2, 0.25) is 5.91 Å². The molecular weight excluding hydrogens is 530 g/mol. The molecule has 192 valence electrons. The summed E-state index contributed by atoms with van der Waals surface area (Å²) < 4.78 is 10.1.